The third-order valence-corrected chi connectivity index (χ3v) is 6.32. The number of carbonyl (C=O) groups excluding carboxylic acids is 2. The lowest BCUT2D eigenvalue weighted by molar-refractivity contribution is -0.142. The molecule has 1 N–H and O–H groups in total. The Hall–Kier alpha value is -3.12. The molecule has 1 unspecified atom stereocenters. The Bertz CT molecular complexity index is 1100. The van der Waals surface area contributed by atoms with E-state index in [1.165, 1.54) is 0 Å². The van der Waals surface area contributed by atoms with Crippen molar-refractivity contribution in [1.29, 1.82) is 0 Å². The van der Waals surface area contributed by atoms with Gasteiger partial charge in [0.05, 0.1) is 0 Å². The average Bonchev–Trinajstić information content (AvgIpc) is 2.84. The van der Waals surface area contributed by atoms with Crippen LogP contribution in [0.2, 0.25) is 0 Å². The van der Waals surface area contributed by atoms with E-state index in [9.17, 15) is 9.59 Å². The molecule has 0 spiro atoms. The summed E-state index contributed by atoms with van der Waals surface area (Å²) in [7, 11) is 0. The van der Waals surface area contributed by atoms with Crippen LogP contribution in [0.4, 0.5) is 0 Å². The summed E-state index contributed by atoms with van der Waals surface area (Å²) in [4.78, 5) is 28.3. The molecule has 0 heterocycles. The Morgan fingerprint density at radius 3 is 2.32 bits per heavy atom. The van der Waals surface area contributed by atoms with E-state index in [0.29, 0.717) is 25.3 Å². The fourth-order valence-electron chi connectivity index (χ4n) is 3.74. The van der Waals surface area contributed by atoms with Crippen molar-refractivity contribution < 1.29 is 14.3 Å². The zero-order valence-electron chi connectivity index (χ0n) is 19.9. The highest BCUT2D eigenvalue weighted by Gasteiger charge is 2.30. The molecule has 3 rings (SSSR count). The van der Waals surface area contributed by atoms with E-state index in [-0.39, 0.29) is 18.4 Å². The van der Waals surface area contributed by atoms with Crippen LogP contribution < -0.4 is 10.1 Å². The molecule has 3 aromatic rings. The molecule has 0 saturated heterocycles. The molecule has 2 amide bonds. The molecule has 0 fully saturated rings. The fraction of sp³-hybridized carbons (Fsp3) is 0.286. The van der Waals surface area contributed by atoms with Crippen molar-refractivity contribution in [2.75, 3.05) is 13.2 Å². The smallest absolute Gasteiger partial charge is 0.261 e. The van der Waals surface area contributed by atoms with Crippen LogP contribution in [0.15, 0.2) is 77.3 Å². The Kier molecular flexibility index (Phi) is 9.28. The molecule has 5 nitrogen and oxygen atoms in total. The number of rotatable bonds is 10. The van der Waals surface area contributed by atoms with Gasteiger partial charge in [-0.15, -0.1) is 0 Å². The van der Waals surface area contributed by atoms with E-state index < -0.39 is 6.04 Å². The van der Waals surface area contributed by atoms with Gasteiger partial charge in [-0.1, -0.05) is 70.5 Å². The number of likely N-dealkylation sites (N-methyl/N-ethyl adjacent to an activating group) is 1. The molecule has 0 bridgehead atoms. The Labute approximate surface area is 210 Å². The fourth-order valence-corrected chi connectivity index (χ4v) is 4.00. The first kappa shape index (κ1) is 25.5. The third kappa shape index (κ3) is 6.94. The second-order valence-electron chi connectivity index (χ2n) is 8.23. The highest BCUT2D eigenvalue weighted by atomic mass is 79.9. The maximum absolute atomic E-state index is 13.5. The molecular formula is C28H31BrN2O3. The number of ether oxygens (including phenoxy) is 1. The number of nitrogens with one attached hydrogen (secondary N) is 1. The standard InChI is InChI=1S/C28H31BrN2O3/c1-4-30-28(33)25(17-22-10-6-5-7-11-22)31(18-23-13-15-24(29)16-14-23)27(32)19-34-26-12-8-9-20(2)21(26)3/h5-16,25H,4,17-19H2,1-3H3,(H,30,33). The average molecular weight is 523 g/mol. The first-order valence-corrected chi connectivity index (χ1v) is 12.2. The third-order valence-electron chi connectivity index (χ3n) is 5.79. The number of nitrogens with zero attached hydrogens (tertiary/aromatic N) is 1. The molecule has 0 radical (unpaired) electrons. The lowest BCUT2D eigenvalue weighted by atomic mass is 10.0. The van der Waals surface area contributed by atoms with Crippen LogP contribution in [-0.4, -0.2) is 35.9 Å². The van der Waals surface area contributed by atoms with Gasteiger partial charge in [0, 0.05) is 24.0 Å². The molecule has 0 aliphatic carbocycles. The van der Waals surface area contributed by atoms with Crippen molar-refractivity contribution >= 4 is 27.7 Å². The van der Waals surface area contributed by atoms with Crippen molar-refractivity contribution in [3.05, 3.63) is 99.5 Å². The van der Waals surface area contributed by atoms with Gasteiger partial charge < -0.3 is 15.0 Å². The largest absolute Gasteiger partial charge is 0.483 e. The number of halogens is 1. The van der Waals surface area contributed by atoms with E-state index in [0.717, 1.165) is 26.7 Å². The maximum atomic E-state index is 13.5. The Balaban J connectivity index is 1.90. The monoisotopic (exact) mass is 522 g/mol. The molecule has 6 heteroatoms. The first-order valence-electron chi connectivity index (χ1n) is 11.4. The van der Waals surface area contributed by atoms with Crippen molar-refractivity contribution in [2.24, 2.45) is 0 Å². The van der Waals surface area contributed by atoms with E-state index in [1.54, 1.807) is 4.90 Å². The molecule has 34 heavy (non-hydrogen) atoms. The predicted molar refractivity (Wildman–Crippen MR) is 139 cm³/mol. The topological polar surface area (TPSA) is 58.6 Å². The first-order chi connectivity index (χ1) is 16.4. The summed E-state index contributed by atoms with van der Waals surface area (Å²) in [5.74, 6) is 0.258. The van der Waals surface area contributed by atoms with Crippen LogP contribution in [0, 0.1) is 13.8 Å². The summed E-state index contributed by atoms with van der Waals surface area (Å²) in [6, 6.07) is 22.6. The van der Waals surface area contributed by atoms with Crippen molar-refractivity contribution in [1.82, 2.24) is 10.2 Å². The van der Waals surface area contributed by atoms with Gasteiger partial charge in [-0.05, 0) is 61.2 Å². The zero-order valence-corrected chi connectivity index (χ0v) is 21.5. The SMILES string of the molecule is CCNC(=O)C(Cc1ccccc1)N(Cc1ccc(Br)cc1)C(=O)COc1cccc(C)c1C. The summed E-state index contributed by atoms with van der Waals surface area (Å²) >= 11 is 3.46. The van der Waals surface area contributed by atoms with Crippen molar-refractivity contribution in [3.63, 3.8) is 0 Å². The minimum absolute atomic E-state index is 0.147. The molecule has 0 aliphatic rings. The Morgan fingerprint density at radius 1 is 0.941 bits per heavy atom. The molecule has 0 aromatic heterocycles. The van der Waals surface area contributed by atoms with Crippen LogP contribution in [0.1, 0.15) is 29.2 Å². The van der Waals surface area contributed by atoms with Crippen molar-refractivity contribution in [3.8, 4) is 5.75 Å². The molecular weight excluding hydrogens is 492 g/mol. The zero-order chi connectivity index (χ0) is 24.5. The number of benzene rings is 3. The van der Waals surface area contributed by atoms with Gasteiger partial charge in [0.2, 0.25) is 5.91 Å². The molecule has 1 atom stereocenters. The number of amides is 2. The quantitative estimate of drug-likeness (QED) is 0.397. The van der Waals surface area contributed by atoms with Crippen LogP contribution in [0.25, 0.3) is 0 Å². The highest BCUT2D eigenvalue weighted by Crippen LogP contribution is 2.22. The van der Waals surface area contributed by atoms with Crippen LogP contribution >= 0.6 is 15.9 Å². The van der Waals surface area contributed by atoms with Crippen LogP contribution in [0.3, 0.4) is 0 Å². The molecule has 0 saturated carbocycles. The van der Waals surface area contributed by atoms with E-state index in [2.05, 4.69) is 21.2 Å². The summed E-state index contributed by atoms with van der Waals surface area (Å²) < 4.78 is 6.88. The van der Waals surface area contributed by atoms with Gasteiger partial charge in [-0.2, -0.15) is 0 Å². The van der Waals surface area contributed by atoms with Crippen molar-refractivity contribution in [2.45, 2.75) is 39.8 Å². The van der Waals surface area contributed by atoms with Gasteiger partial charge in [0.15, 0.2) is 6.61 Å². The normalized spacial score (nSPS) is 11.5. The Morgan fingerprint density at radius 2 is 1.65 bits per heavy atom. The number of hydrogen-bond acceptors (Lipinski definition) is 3. The second-order valence-corrected chi connectivity index (χ2v) is 9.15. The predicted octanol–water partition coefficient (Wildman–Crippen LogP) is 5.22. The van der Waals surface area contributed by atoms with Gasteiger partial charge in [0.25, 0.3) is 5.91 Å². The molecule has 3 aromatic carbocycles. The van der Waals surface area contributed by atoms with Gasteiger partial charge in [0.1, 0.15) is 11.8 Å². The maximum Gasteiger partial charge on any atom is 0.261 e. The van der Waals surface area contributed by atoms with E-state index >= 15 is 0 Å². The van der Waals surface area contributed by atoms with E-state index in [1.807, 2.05) is 93.6 Å². The second kappa shape index (κ2) is 12.4. The highest BCUT2D eigenvalue weighted by molar-refractivity contribution is 9.10. The van der Waals surface area contributed by atoms with Gasteiger partial charge >= 0.3 is 0 Å². The minimum atomic E-state index is -0.666. The summed E-state index contributed by atoms with van der Waals surface area (Å²) in [6.07, 6.45) is 0.415. The van der Waals surface area contributed by atoms with Crippen LogP contribution in [-0.2, 0) is 22.6 Å². The summed E-state index contributed by atoms with van der Waals surface area (Å²) in [5.41, 5.74) is 4.02. The minimum Gasteiger partial charge on any atom is -0.483 e. The molecule has 178 valence electrons. The molecule has 0 aliphatic heterocycles. The van der Waals surface area contributed by atoms with Crippen LogP contribution in [0.5, 0.6) is 5.75 Å². The lowest BCUT2D eigenvalue weighted by Gasteiger charge is -2.31. The van der Waals surface area contributed by atoms with E-state index in [4.69, 9.17) is 4.74 Å². The number of aryl methyl sites for hydroxylation is 1. The van der Waals surface area contributed by atoms with Gasteiger partial charge in [-0.25, -0.2) is 0 Å². The van der Waals surface area contributed by atoms with Gasteiger partial charge in [-0.3, -0.25) is 9.59 Å². The lowest BCUT2D eigenvalue weighted by Crippen LogP contribution is -2.51. The summed E-state index contributed by atoms with van der Waals surface area (Å²) in [5, 5.41) is 2.91. The number of hydrogen-bond donors (Lipinski definition) is 1. The summed E-state index contributed by atoms with van der Waals surface area (Å²) in [6.45, 7) is 6.50. The number of carbonyl (C=O) groups is 2.